The summed E-state index contributed by atoms with van der Waals surface area (Å²) in [6, 6.07) is 13.8. The number of aryl methyl sites for hydroxylation is 2. The van der Waals surface area contributed by atoms with E-state index in [0.29, 0.717) is 28.6 Å². The molecule has 7 nitrogen and oxygen atoms in total. The van der Waals surface area contributed by atoms with Crippen molar-refractivity contribution in [2.75, 3.05) is 0 Å². The topological polar surface area (TPSA) is 74.7 Å². The second-order valence-corrected chi connectivity index (χ2v) is 7.84. The molecule has 0 saturated heterocycles. The zero-order valence-corrected chi connectivity index (χ0v) is 17.3. The largest absolute Gasteiger partial charge is 0.332 e. The summed E-state index contributed by atoms with van der Waals surface area (Å²) in [6.07, 6.45) is 1.76. The van der Waals surface area contributed by atoms with Crippen molar-refractivity contribution >= 4 is 22.9 Å². The van der Waals surface area contributed by atoms with Crippen LogP contribution in [-0.4, -0.2) is 23.7 Å². The van der Waals surface area contributed by atoms with Crippen LogP contribution in [0.2, 0.25) is 0 Å². The first-order chi connectivity index (χ1) is 14.0. The van der Waals surface area contributed by atoms with E-state index < -0.39 is 0 Å². The lowest BCUT2D eigenvalue weighted by Gasteiger charge is -2.11. The van der Waals surface area contributed by atoms with Gasteiger partial charge in [0.05, 0.1) is 12.2 Å². The average molecular weight is 407 g/mol. The molecule has 0 bridgehead atoms. The summed E-state index contributed by atoms with van der Waals surface area (Å²) >= 11 is 1.51. The Kier molecular flexibility index (Phi) is 5.10. The Morgan fingerprint density at radius 1 is 1.00 bits per heavy atom. The van der Waals surface area contributed by atoms with Gasteiger partial charge in [-0.25, -0.2) is 9.78 Å². The highest BCUT2D eigenvalue weighted by Gasteiger charge is 2.20. The van der Waals surface area contributed by atoms with Crippen LogP contribution in [0.1, 0.15) is 16.8 Å². The van der Waals surface area contributed by atoms with Crippen LogP contribution in [0.25, 0.3) is 11.2 Å². The van der Waals surface area contributed by atoms with E-state index in [1.165, 1.54) is 23.4 Å². The highest BCUT2D eigenvalue weighted by atomic mass is 32.2. The Hall–Kier alpha value is -3.13. The molecule has 3 aromatic heterocycles. The van der Waals surface area contributed by atoms with Gasteiger partial charge in [-0.05, 0) is 30.2 Å². The second kappa shape index (κ2) is 7.71. The van der Waals surface area contributed by atoms with Crippen LogP contribution in [0, 0.1) is 6.92 Å². The van der Waals surface area contributed by atoms with E-state index in [-0.39, 0.29) is 11.2 Å². The first kappa shape index (κ1) is 19.2. The summed E-state index contributed by atoms with van der Waals surface area (Å²) in [7, 11) is 3.14. The number of imidazole rings is 1. The van der Waals surface area contributed by atoms with Crippen molar-refractivity contribution in [1.29, 1.82) is 0 Å². The van der Waals surface area contributed by atoms with E-state index in [1.807, 2.05) is 54.0 Å². The van der Waals surface area contributed by atoms with Gasteiger partial charge in [0.2, 0.25) is 0 Å². The molecule has 0 amide bonds. The van der Waals surface area contributed by atoms with Gasteiger partial charge in [0.25, 0.3) is 5.56 Å². The summed E-state index contributed by atoms with van der Waals surface area (Å²) in [5, 5.41) is 0.687. The maximum atomic E-state index is 13.0. The van der Waals surface area contributed by atoms with Crippen LogP contribution in [0.4, 0.5) is 0 Å². The first-order valence-electron chi connectivity index (χ1n) is 9.21. The van der Waals surface area contributed by atoms with Crippen molar-refractivity contribution in [2.24, 2.45) is 14.1 Å². The van der Waals surface area contributed by atoms with Crippen LogP contribution in [0.5, 0.6) is 0 Å². The van der Waals surface area contributed by atoms with Gasteiger partial charge in [-0.1, -0.05) is 42.1 Å². The standard InChI is InChI=1S/C21H21N5O2S/c1-14-8-4-5-9-15(14)12-26-17-18(24(2)21(28)25(3)19(17)27)23-20(26)29-13-16-10-6-7-11-22-16/h4-11H,12-13H2,1-3H3. The summed E-state index contributed by atoms with van der Waals surface area (Å²) in [5.41, 5.74) is 3.27. The molecule has 0 aliphatic rings. The molecule has 0 aliphatic carbocycles. The predicted molar refractivity (Wildman–Crippen MR) is 114 cm³/mol. The van der Waals surface area contributed by atoms with Gasteiger partial charge >= 0.3 is 5.69 Å². The molecule has 3 heterocycles. The van der Waals surface area contributed by atoms with Crippen LogP contribution in [0.15, 0.2) is 63.4 Å². The molecule has 1 aromatic carbocycles. The van der Waals surface area contributed by atoms with Crippen LogP contribution < -0.4 is 11.2 Å². The normalized spacial score (nSPS) is 11.3. The van der Waals surface area contributed by atoms with Crippen molar-refractivity contribution in [3.05, 3.63) is 86.3 Å². The van der Waals surface area contributed by atoms with E-state index in [2.05, 4.69) is 9.97 Å². The summed E-state index contributed by atoms with van der Waals surface area (Å²) in [5.74, 6) is 0.617. The Morgan fingerprint density at radius 3 is 2.48 bits per heavy atom. The molecule has 4 rings (SSSR count). The van der Waals surface area contributed by atoms with Gasteiger partial charge in [0, 0.05) is 26.0 Å². The zero-order valence-electron chi connectivity index (χ0n) is 16.5. The fourth-order valence-electron chi connectivity index (χ4n) is 3.26. The summed E-state index contributed by atoms with van der Waals surface area (Å²) < 4.78 is 4.47. The molecule has 148 valence electrons. The molecule has 0 atom stereocenters. The smallest absolute Gasteiger partial charge is 0.309 e. The van der Waals surface area contributed by atoms with E-state index in [4.69, 9.17) is 0 Å². The van der Waals surface area contributed by atoms with E-state index in [1.54, 1.807) is 13.2 Å². The van der Waals surface area contributed by atoms with Gasteiger partial charge < -0.3 is 4.57 Å². The maximum absolute atomic E-state index is 13.0. The van der Waals surface area contributed by atoms with Crippen LogP contribution in [0.3, 0.4) is 0 Å². The Morgan fingerprint density at radius 2 is 1.76 bits per heavy atom. The third kappa shape index (κ3) is 3.51. The molecule has 0 spiro atoms. The lowest BCUT2D eigenvalue weighted by atomic mass is 10.1. The molecule has 0 aliphatic heterocycles. The number of rotatable bonds is 5. The van der Waals surface area contributed by atoms with Crippen LogP contribution in [-0.2, 0) is 26.4 Å². The molecule has 0 N–H and O–H groups in total. The van der Waals surface area contributed by atoms with Crippen molar-refractivity contribution in [2.45, 2.75) is 24.4 Å². The Labute approximate surface area is 171 Å². The molecule has 0 saturated carbocycles. The monoisotopic (exact) mass is 407 g/mol. The highest BCUT2D eigenvalue weighted by Crippen LogP contribution is 2.26. The van der Waals surface area contributed by atoms with Gasteiger partial charge in [-0.15, -0.1) is 0 Å². The number of pyridine rings is 1. The molecule has 29 heavy (non-hydrogen) atoms. The predicted octanol–water partition coefficient (Wildman–Crippen LogP) is 2.48. The van der Waals surface area contributed by atoms with Crippen molar-refractivity contribution < 1.29 is 0 Å². The molecular weight excluding hydrogens is 386 g/mol. The molecular formula is C21H21N5O2S. The lowest BCUT2D eigenvalue weighted by Crippen LogP contribution is -2.37. The SMILES string of the molecule is Cc1ccccc1Cn1c(SCc2ccccn2)nc2c1c(=O)n(C)c(=O)n2C. The highest BCUT2D eigenvalue weighted by molar-refractivity contribution is 7.98. The van der Waals surface area contributed by atoms with Crippen molar-refractivity contribution in [3.8, 4) is 0 Å². The summed E-state index contributed by atoms with van der Waals surface area (Å²) in [6.45, 7) is 2.55. The number of nitrogens with zero attached hydrogens (tertiary/aromatic N) is 5. The fraction of sp³-hybridized carbons (Fsp3) is 0.238. The summed E-state index contributed by atoms with van der Waals surface area (Å²) in [4.78, 5) is 34.4. The van der Waals surface area contributed by atoms with E-state index in [0.717, 1.165) is 21.4 Å². The average Bonchev–Trinajstić information content (AvgIpc) is 3.10. The van der Waals surface area contributed by atoms with Gasteiger partial charge in [-0.3, -0.25) is 18.9 Å². The molecule has 4 aromatic rings. The number of hydrogen-bond acceptors (Lipinski definition) is 5. The number of thioether (sulfide) groups is 1. The van der Waals surface area contributed by atoms with Gasteiger partial charge in [0.1, 0.15) is 0 Å². The molecule has 0 unspecified atom stereocenters. The van der Waals surface area contributed by atoms with E-state index in [9.17, 15) is 9.59 Å². The number of hydrogen-bond donors (Lipinski definition) is 0. The number of benzene rings is 1. The third-order valence-corrected chi connectivity index (χ3v) is 5.99. The quantitative estimate of drug-likeness (QED) is 0.475. The van der Waals surface area contributed by atoms with Crippen molar-refractivity contribution in [1.82, 2.24) is 23.7 Å². The molecule has 0 radical (unpaired) electrons. The maximum Gasteiger partial charge on any atom is 0.332 e. The third-order valence-electron chi connectivity index (χ3n) is 4.98. The minimum atomic E-state index is -0.385. The van der Waals surface area contributed by atoms with Gasteiger partial charge in [0.15, 0.2) is 16.3 Å². The Bertz CT molecular complexity index is 1300. The minimum Gasteiger partial charge on any atom is -0.309 e. The number of aromatic nitrogens is 5. The Balaban J connectivity index is 1.88. The van der Waals surface area contributed by atoms with Crippen molar-refractivity contribution in [3.63, 3.8) is 0 Å². The zero-order chi connectivity index (χ0) is 20.5. The number of fused-ring (bicyclic) bond motifs is 1. The van der Waals surface area contributed by atoms with Gasteiger partial charge in [-0.2, -0.15) is 0 Å². The first-order valence-corrected chi connectivity index (χ1v) is 10.2. The molecule has 8 heteroatoms. The van der Waals surface area contributed by atoms with Crippen LogP contribution >= 0.6 is 11.8 Å². The molecule has 0 fully saturated rings. The minimum absolute atomic E-state index is 0.339. The second-order valence-electron chi connectivity index (χ2n) is 6.89. The fourth-order valence-corrected chi connectivity index (χ4v) is 4.17. The van der Waals surface area contributed by atoms with E-state index >= 15 is 0 Å². The lowest BCUT2D eigenvalue weighted by molar-refractivity contribution is 0.695.